The van der Waals surface area contributed by atoms with Crippen molar-refractivity contribution in [1.29, 1.82) is 0 Å². The summed E-state index contributed by atoms with van der Waals surface area (Å²) in [6.07, 6.45) is 0. The summed E-state index contributed by atoms with van der Waals surface area (Å²) in [5, 5.41) is 2.62. The van der Waals surface area contributed by atoms with Crippen LogP contribution in [-0.2, 0) is 9.84 Å². The smallest absolute Gasteiger partial charge is 0.341 e. The summed E-state index contributed by atoms with van der Waals surface area (Å²) >= 11 is 0. The lowest BCUT2D eigenvalue weighted by atomic mass is 10.2. The van der Waals surface area contributed by atoms with Crippen LogP contribution in [0.25, 0.3) is 0 Å². The van der Waals surface area contributed by atoms with Gasteiger partial charge in [-0.25, -0.2) is 8.42 Å². The van der Waals surface area contributed by atoms with Gasteiger partial charge in [-0.2, -0.15) is 8.78 Å². The minimum absolute atomic E-state index is 0.150. The topological polar surface area (TPSA) is 72.5 Å². The van der Waals surface area contributed by atoms with E-state index in [9.17, 15) is 22.0 Å². The lowest BCUT2D eigenvalue weighted by Crippen LogP contribution is -2.14. The van der Waals surface area contributed by atoms with Crippen molar-refractivity contribution in [1.82, 2.24) is 0 Å². The SMILES string of the molecule is CCOc1ccc(NC(=O)c2ccc(S(=O)(=O)C(F)F)cc2)cc1. The van der Waals surface area contributed by atoms with Crippen molar-refractivity contribution in [2.45, 2.75) is 17.6 Å². The maximum atomic E-state index is 12.5. The van der Waals surface area contributed by atoms with Gasteiger partial charge >= 0.3 is 5.76 Å². The van der Waals surface area contributed by atoms with E-state index in [1.807, 2.05) is 6.92 Å². The van der Waals surface area contributed by atoms with Gasteiger partial charge in [0.25, 0.3) is 5.91 Å². The number of sulfone groups is 1. The third kappa shape index (κ3) is 4.08. The van der Waals surface area contributed by atoms with Crippen LogP contribution in [0.2, 0.25) is 0 Å². The van der Waals surface area contributed by atoms with Gasteiger partial charge in [-0.1, -0.05) is 0 Å². The second-order valence-electron chi connectivity index (χ2n) is 4.74. The quantitative estimate of drug-likeness (QED) is 0.863. The highest BCUT2D eigenvalue weighted by molar-refractivity contribution is 7.91. The number of anilines is 1. The standard InChI is InChI=1S/C16H15F2NO4S/c1-2-23-13-7-5-12(6-8-13)19-15(20)11-3-9-14(10-4-11)24(21,22)16(17)18/h3-10,16H,2H2,1H3,(H,19,20). The summed E-state index contributed by atoms with van der Waals surface area (Å²) in [7, 11) is -4.67. The summed E-state index contributed by atoms with van der Waals surface area (Å²) in [6, 6.07) is 11.0. The minimum Gasteiger partial charge on any atom is -0.494 e. The number of carbonyl (C=O) groups excluding carboxylic acids is 1. The predicted molar refractivity (Wildman–Crippen MR) is 85.2 cm³/mol. The fourth-order valence-electron chi connectivity index (χ4n) is 1.90. The summed E-state index contributed by atoms with van der Waals surface area (Å²) in [5.74, 6) is -3.32. The summed E-state index contributed by atoms with van der Waals surface area (Å²) in [4.78, 5) is 11.5. The van der Waals surface area contributed by atoms with Crippen molar-refractivity contribution < 1.29 is 26.7 Å². The molecule has 2 rings (SSSR count). The molecule has 0 aromatic heterocycles. The molecule has 5 nitrogen and oxygen atoms in total. The van der Waals surface area contributed by atoms with Crippen LogP contribution < -0.4 is 10.1 Å². The van der Waals surface area contributed by atoms with E-state index < -0.39 is 26.4 Å². The van der Waals surface area contributed by atoms with E-state index in [1.165, 1.54) is 12.1 Å². The van der Waals surface area contributed by atoms with Crippen LogP contribution in [0.3, 0.4) is 0 Å². The van der Waals surface area contributed by atoms with Crippen molar-refractivity contribution in [2.24, 2.45) is 0 Å². The summed E-state index contributed by atoms with van der Waals surface area (Å²) < 4.78 is 52.8. The van der Waals surface area contributed by atoms with E-state index >= 15 is 0 Å². The maximum Gasteiger partial charge on any atom is 0.341 e. The molecule has 0 saturated carbocycles. The van der Waals surface area contributed by atoms with E-state index in [0.29, 0.717) is 18.0 Å². The van der Waals surface area contributed by atoms with Gasteiger partial charge in [0.1, 0.15) is 5.75 Å². The molecule has 1 N–H and O–H groups in total. The molecule has 0 saturated heterocycles. The first-order chi connectivity index (χ1) is 11.3. The Balaban J connectivity index is 2.10. The Kier molecular flexibility index (Phi) is 5.50. The number of halogens is 2. The fourth-order valence-corrected chi connectivity index (χ4v) is 2.62. The molecule has 0 aliphatic rings. The molecule has 24 heavy (non-hydrogen) atoms. The molecule has 128 valence electrons. The normalized spacial score (nSPS) is 11.3. The first-order valence-electron chi connectivity index (χ1n) is 7.01. The molecule has 0 fully saturated rings. The molecule has 0 aliphatic heterocycles. The van der Waals surface area contributed by atoms with Crippen LogP contribution in [0.15, 0.2) is 53.4 Å². The van der Waals surface area contributed by atoms with Crippen molar-refractivity contribution in [3.05, 3.63) is 54.1 Å². The molecule has 0 aliphatic carbocycles. The van der Waals surface area contributed by atoms with Gasteiger partial charge in [-0.15, -0.1) is 0 Å². The highest BCUT2D eigenvalue weighted by Gasteiger charge is 2.26. The lowest BCUT2D eigenvalue weighted by Gasteiger charge is -2.08. The number of hydrogen-bond acceptors (Lipinski definition) is 4. The average Bonchev–Trinajstić information content (AvgIpc) is 2.57. The third-order valence-corrected chi connectivity index (χ3v) is 4.50. The van der Waals surface area contributed by atoms with Gasteiger partial charge in [0.15, 0.2) is 0 Å². The molecule has 0 spiro atoms. The van der Waals surface area contributed by atoms with Gasteiger partial charge < -0.3 is 10.1 Å². The van der Waals surface area contributed by atoms with Gasteiger partial charge in [0, 0.05) is 11.3 Å². The zero-order chi connectivity index (χ0) is 17.7. The van der Waals surface area contributed by atoms with Gasteiger partial charge in [0.2, 0.25) is 9.84 Å². The highest BCUT2D eigenvalue weighted by atomic mass is 32.2. The second-order valence-corrected chi connectivity index (χ2v) is 6.66. The minimum atomic E-state index is -4.67. The molecule has 1 amide bonds. The molecule has 0 atom stereocenters. The zero-order valence-electron chi connectivity index (χ0n) is 12.7. The molecule has 8 heteroatoms. The van der Waals surface area contributed by atoms with E-state index in [0.717, 1.165) is 12.1 Å². The average molecular weight is 355 g/mol. The Morgan fingerprint density at radius 1 is 1.08 bits per heavy atom. The molecular formula is C16H15F2NO4S. The number of rotatable bonds is 6. The van der Waals surface area contributed by atoms with Crippen LogP contribution in [0.1, 0.15) is 17.3 Å². The largest absolute Gasteiger partial charge is 0.494 e. The number of carbonyl (C=O) groups is 1. The van der Waals surface area contributed by atoms with E-state index in [2.05, 4.69) is 5.32 Å². The first-order valence-corrected chi connectivity index (χ1v) is 8.55. The molecule has 0 heterocycles. The van der Waals surface area contributed by atoms with Crippen molar-refractivity contribution in [3.8, 4) is 5.75 Å². The van der Waals surface area contributed by atoms with Crippen LogP contribution in [0.5, 0.6) is 5.75 Å². The first kappa shape index (κ1) is 17.9. The van der Waals surface area contributed by atoms with Crippen LogP contribution in [0, 0.1) is 0 Å². The number of alkyl halides is 2. The van der Waals surface area contributed by atoms with E-state index in [-0.39, 0.29) is 5.56 Å². The highest BCUT2D eigenvalue weighted by Crippen LogP contribution is 2.20. The number of nitrogens with one attached hydrogen (secondary N) is 1. The van der Waals surface area contributed by atoms with Gasteiger partial charge in [-0.3, -0.25) is 4.79 Å². The van der Waals surface area contributed by atoms with Crippen molar-refractivity contribution >= 4 is 21.4 Å². The van der Waals surface area contributed by atoms with Gasteiger partial charge in [0.05, 0.1) is 11.5 Å². The van der Waals surface area contributed by atoms with E-state index in [4.69, 9.17) is 4.74 Å². The van der Waals surface area contributed by atoms with Crippen molar-refractivity contribution in [2.75, 3.05) is 11.9 Å². The monoisotopic (exact) mass is 355 g/mol. The second kappa shape index (κ2) is 7.39. The number of hydrogen-bond donors (Lipinski definition) is 1. The molecule has 0 radical (unpaired) electrons. The number of ether oxygens (including phenoxy) is 1. The summed E-state index contributed by atoms with van der Waals surface area (Å²) in [6.45, 7) is 2.38. The third-order valence-electron chi connectivity index (χ3n) is 3.10. The van der Waals surface area contributed by atoms with Crippen LogP contribution >= 0.6 is 0 Å². The Hall–Kier alpha value is -2.48. The van der Waals surface area contributed by atoms with Crippen LogP contribution in [-0.4, -0.2) is 26.7 Å². The molecule has 0 bridgehead atoms. The number of amides is 1. The molecular weight excluding hydrogens is 340 g/mol. The maximum absolute atomic E-state index is 12.5. The fraction of sp³-hybridized carbons (Fsp3) is 0.188. The Morgan fingerprint density at radius 2 is 1.67 bits per heavy atom. The van der Waals surface area contributed by atoms with Crippen molar-refractivity contribution in [3.63, 3.8) is 0 Å². The summed E-state index contributed by atoms with van der Waals surface area (Å²) in [5.41, 5.74) is 0.671. The van der Waals surface area contributed by atoms with Crippen LogP contribution in [0.4, 0.5) is 14.5 Å². The Morgan fingerprint density at radius 3 is 2.17 bits per heavy atom. The zero-order valence-corrected chi connectivity index (χ0v) is 13.5. The molecule has 2 aromatic carbocycles. The Labute approximate surface area is 138 Å². The lowest BCUT2D eigenvalue weighted by molar-refractivity contribution is 0.102. The predicted octanol–water partition coefficient (Wildman–Crippen LogP) is 3.33. The van der Waals surface area contributed by atoms with Gasteiger partial charge in [-0.05, 0) is 55.5 Å². The molecule has 0 unspecified atom stereocenters. The number of benzene rings is 2. The molecule has 2 aromatic rings. The Bertz CT molecular complexity index is 803. The van der Waals surface area contributed by atoms with E-state index in [1.54, 1.807) is 24.3 Å².